The lowest BCUT2D eigenvalue weighted by Crippen LogP contribution is -2.02. The molecule has 1 aromatic carbocycles. The van der Waals surface area contributed by atoms with Crippen LogP contribution in [0.1, 0.15) is 45.8 Å². The standard InChI is InChI=1S/C19H17FN2OS/c20-13-8-6-11(7-9-13)17(23)18-16(21)14-10-12-4-2-1-3-5-15(12)22-19(14)24-18/h6-10H,1-5,21H2. The number of benzene rings is 1. The van der Waals surface area contributed by atoms with E-state index >= 15 is 0 Å². The third kappa shape index (κ3) is 2.59. The minimum atomic E-state index is -0.360. The number of hydrogen-bond donors (Lipinski definition) is 1. The molecule has 3 aromatic rings. The smallest absolute Gasteiger partial charge is 0.205 e. The van der Waals surface area contributed by atoms with Gasteiger partial charge in [-0.1, -0.05) is 6.42 Å². The molecule has 2 heterocycles. The summed E-state index contributed by atoms with van der Waals surface area (Å²) in [5.41, 5.74) is 9.58. The average molecular weight is 340 g/mol. The molecule has 3 nitrogen and oxygen atoms in total. The number of nitrogen functional groups attached to an aromatic ring is 1. The number of pyridine rings is 1. The quantitative estimate of drug-likeness (QED) is 0.551. The van der Waals surface area contributed by atoms with Crippen LogP contribution >= 0.6 is 11.3 Å². The Morgan fingerprint density at radius 2 is 1.88 bits per heavy atom. The topological polar surface area (TPSA) is 56.0 Å². The number of ketones is 1. The molecule has 0 atom stereocenters. The lowest BCUT2D eigenvalue weighted by molar-refractivity contribution is 0.104. The molecule has 122 valence electrons. The van der Waals surface area contributed by atoms with Gasteiger partial charge in [-0.25, -0.2) is 9.37 Å². The Balaban J connectivity index is 1.80. The van der Waals surface area contributed by atoms with Crippen LogP contribution in [0.4, 0.5) is 10.1 Å². The number of rotatable bonds is 2. The summed E-state index contributed by atoms with van der Waals surface area (Å²) in [7, 11) is 0. The van der Waals surface area contributed by atoms with Crippen molar-refractivity contribution in [3.8, 4) is 0 Å². The predicted octanol–water partition coefficient (Wildman–Crippen LogP) is 4.52. The van der Waals surface area contributed by atoms with Gasteiger partial charge >= 0.3 is 0 Å². The minimum Gasteiger partial charge on any atom is -0.397 e. The SMILES string of the molecule is Nc1c(C(=O)c2ccc(F)cc2)sc2nc3c(cc12)CCCCC3. The van der Waals surface area contributed by atoms with Crippen LogP contribution in [-0.4, -0.2) is 10.8 Å². The van der Waals surface area contributed by atoms with Gasteiger partial charge in [0.25, 0.3) is 0 Å². The molecule has 0 fully saturated rings. The summed E-state index contributed by atoms with van der Waals surface area (Å²) in [6.07, 6.45) is 5.58. The maximum atomic E-state index is 13.1. The summed E-state index contributed by atoms with van der Waals surface area (Å²) >= 11 is 1.33. The minimum absolute atomic E-state index is 0.175. The number of anilines is 1. The molecule has 0 spiro atoms. The van der Waals surface area contributed by atoms with Gasteiger partial charge in [-0.2, -0.15) is 0 Å². The zero-order valence-electron chi connectivity index (χ0n) is 13.1. The van der Waals surface area contributed by atoms with Crippen molar-refractivity contribution in [2.24, 2.45) is 0 Å². The van der Waals surface area contributed by atoms with Gasteiger partial charge in [0.05, 0.1) is 5.69 Å². The molecule has 24 heavy (non-hydrogen) atoms. The molecule has 0 bridgehead atoms. The average Bonchev–Trinajstić information content (AvgIpc) is 2.76. The molecule has 5 heteroatoms. The first kappa shape index (κ1) is 15.3. The van der Waals surface area contributed by atoms with E-state index in [9.17, 15) is 9.18 Å². The highest BCUT2D eigenvalue weighted by Gasteiger charge is 2.21. The second-order valence-corrected chi connectivity index (χ2v) is 7.19. The molecule has 0 saturated heterocycles. The summed E-state index contributed by atoms with van der Waals surface area (Å²) < 4.78 is 13.1. The number of nitrogens with zero attached hydrogens (tertiary/aromatic N) is 1. The number of fused-ring (bicyclic) bond motifs is 2. The molecule has 1 aliphatic rings. The second kappa shape index (κ2) is 5.98. The molecule has 2 N–H and O–H groups in total. The highest BCUT2D eigenvalue weighted by atomic mass is 32.1. The Morgan fingerprint density at radius 3 is 2.67 bits per heavy atom. The van der Waals surface area contributed by atoms with Crippen molar-refractivity contribution >= 4 is 33.0 Å². The molecular formula is C19H17FN2OS. The third-order valence-corrected chi connectivity index (χ3v) is 5.68. The molecule has 0 saturated carbocycles. The van der Waals surface area contributed by atoms with E-state index in [1.165, 1.54) is 54.0 Å². The summed E-state index contributed by atoms with van der Waals surface area (Å²) in [4.78, 5) is 18.8. The number of aromatic nitrogens is 1. The molecule has 0 unspecified atom stereocenters. The van der Waals surface area contributed by atoms with E-state index in [-0.39, 0.29) is 11.6 Å². The first-order valence-corrected chi connectivity index (χ1v) is 8.96. The van der Waals surface area contributed by atoms with Crippen LogP contribution in [0.25, 0.3) is 10.2 Å². The Bertz CT molecular complexity index is 931. The Hall–Kier alpha value is -2.27. The summed E-state index contributed by atoms with van der Waals surface area (Å²) in [5.74, 6) is -0.535. The highest BCUT2D eigenvalue weighted by Crippen LogP contribution is 2.36. The van der Waals surface area contributed by atoms with Gasteiger partial charge < -0.3 is 5.73 Å². The van der Waals surface area contributed by atoms with E-state index in [1.54, 1.807) is 0 Å². The van der Waals surface area contributed by atoms with Gasteiger partial charge in [-0.3, -0.25) is 4.79 Å². The highest BCUT2D eigenvalue weighted by molar-refractivity contribution is 7.21. The normalized spacial score (nSPS) is 14.4. The number of thiophene rings is 1. The van der Waals surface area contributed by atoms with Gasteiger partial charge in [0.15, 0.2) is 0 Å². The van der Waals surface area contributed by atoms with Crippen molar-refractivity contribution in [3.63, 3.8) is 0 Å². The zero-order chi connectivity index (χ0) is 16.7. The number of hydrogen-bond acceptors (Lipinski definition) is 4. The predicted molar refractivity (Wildman–Crippen MR) is 95.1 cm³/mol. The van der Waals surface area contributed by atoms with Crippen LogP contribution < -0.4 is 5.73 Å². The molecule has 1 aliphatic carbocycles. The van der Waals surface area contributed by atoms with Crippen molar-refractivity contribution in [2.45, 2.75) is 32.1 Å². The maximum absolute atomic E-state index is 13.1. The summed E-state index contributed by atoms with van der Waals surface area (Å²) in [5, 5.41) is 0.867. The fourth-order valence-electron chi connectivity index (χ4n) is 3.24. The fraction of sp³-hybridized carbons (Fsp3) is 0.263. The van der Waals surface area contributed by atoms with Gasteiger partial charge in [0, 0.05) is 16.6 Å². The molecule has 4 rings (SSSR count). The van der Waals surface area contributed by atoms with E-state index in [0.717, 1.165) is 35.2 Å². The maximum Gasteiger partial charge on any atom is 0.205 e. The van der Waals surface area contributed by atoms with Crippen LogP contribution in [0, 0.1) is 5.82 Å². The Kier molecular flexibility index (Phi) is 3.81. The first-order chi connectivity index (χ1) is 11.6. The van der Waals surface area contributed by atoms with E-state index in [2.05, 4.69) is 6.07 Å². The van der Waals surface area contributed by atoms with Gasteiger partial charge in [-0.15, -0.1) is 11.3 Å². The summed E-state index contributed by atoms with van der Waals surface area (Å²) in [6, 6.07) is 7.67. The molecule has 0 aliphatic heterocycles. The molecular weight excluding hydrogens is 323 g/mol. The van der Waals surface area contributed by atoms with Crippen LogP contribution in [0.2, 0.25) is 0 Å². The van der Waals surface area contributed by atoms with E-state index in [1.807, 2.05) is 0 Å². The number of carbonyl (C=O) groups excluding carboxylic acids is 1. The first-order valence-electron chi connectivity index (χ1n) is 8.14. The second-order valence-electron chi connectivity index (χ2n) is 6.19. The molecule has 0 amide bonds. The number of aryl methyl sites for hydroxylation is 2. The Labute approximate surface area is 143 Å². The van der Waals surface area contributed by atoms with Crippen LogP contribution in [0.3, 0.4) is 0 Å². The lowest BCUT2D eigenvalue weighted by atomic mass is 10.1. The van der Waals surface area contributed by atoms with Crippen LogP contribution in [-0.2, 0) is 12.8 Å². The molecule has 0 radical (unpaired) electrons. The summed E-state index contributed by atoms with van der Waals surface area (Å²) in [6.45, 7) is 0. The van der Waals surface area contributed by atoms with Crippen molar-refractivity contribution in [3.05, 3.63) is 57.8 Å². The number of nitrogens with two attached hydrogens (primary N) is 1. The van der Waals surface area contributed by atoms with Crippen molar-refractivity contribution < 1.29 is 9.18 Å². The Morgan fingerprint density at radius 1 is 1.12 bits per heavy atom. The van der Waals surface area contributed by atoms with E-state index < -0.39 is 0 Å². The molecule has 2 aromatic heterocycles. The number of carbonyl (C=O) groups is 1. The lowest BCUT2D eigenvalue weighted by Gasteiger charge is -2.04. The fourth-order valence-corrected chi connectivity index (χ4v) is 4.30. The number of halogens is 1. The monoisotopic (exact) mass is 340 g/mol. The van der Waals surface area contributed by atoms with Crippen molar-refractivity contribution in [1.82, 2.24) is 4.98 Å². The van der Waals surface area contributed by atoms with Crippen LogP contribution in [0.5, 0.6) is 0 Å². The van der Waals surface area contributed by atoms with Crippen molar-refractivity contribution in [1.29, 1.82) is 0 Å². The van der Waals surface area contributed by atoms with E-state index in [0.29, 0.717) is 16.1 Å². The van der Waals surface area contributed by atoms with Gasteiger partial charge in [0.2, 0.25) is 5.78 Å². The zero-order valence-corrected chi connectivity index (χ0v) is 14.0. The van der Waals surface area contributed by atoms with Crippen LogP contribution in [0.15, 0.2) is 30.3 Å². The van der Waals surface area contributed by atoms with Crippen molar-refractivity contribution in [2.75, 3.05) is 5.73 Å². The van der Waals surface area contributed by atoms with Gasteiger partial charge in [0.1, 0.15) is 15.5 Å². The third-order valence-electron chi connectivity index (χ3n) is 4.56. The largest absolute Gasteiger partial charge is 0.397 e. The van der Waals surface area contributed by atoms with Gasteiger partial charge in [-0.05, 0) is 61.6 Å². The van der Waals surface area contributed by atoms with E-state index in [4.69, 9.17) is 10.7 Å².